The molecule has 1 aromatic carbocycles. The van der Waals surface area contributed by atoms with Crippen LogP contribution in [-0.4, -0.2) is 70.7 Å². The molecule has 3 rings (SSSR count). The van der Waals surface area contributed by atoms with E-state index in [9.17, 15) is 26.4 Å². The van der Waals surface area contributed by atoms with Gasteiger partial charge in [-0.2, -0.15) is 36.7 Å². The topological polar surface area (TPSA) is 141 Å². The molecule has 1 N–H and O–H groups in total. The Morgan fingerprint density at radius 1 is 1.16 bits per heavy atom. The van der Waals surface area contributed by atoms with E-state index in [0.29, 0.717) is 16.9 Å². The van der Waals surface area contributed by atoms with E-state index in [-0.39, 0.29) is 22.5 Å². The number of aryl methyl sites for hydroxylation is 2. The number of amides is 1. The molecule has 206 valence electrons. The van der Waals surface area contributed by atoms with Crippen molar-refractivity contribution in [2.24, 2.45) is 4.99 Å². The van der Waals surface area contributed by atoms with Gasteiger partial charge in [-0.25, -0.2) is 14.5 Å². The maximum atomic E-state index is 12.9. The fourth-order valence-electron chi connectivity index (χ4n) is 3.13. The number of fused-ring (bicyclic) bond motifs is 1. The number of aliphatic imine (C=N–C) groups is 1. The molecule has 38 heavy (non-hydrogen) atoms. The zero-order chi connectivity index (χ0) is 28.6. The average molecular weight is 558 g/mol. The maximum absolute atomic E-state index is 12.9. The van der Waals surface area contributed by atoms with Crippen molar-refractivity contribution in [3.05, 3.63) is 29.5 Å². The van der Waals surface area contributed by atoms with E-state index in [1.807, 2.05) is 0 Å². The molecular formula is C22H26F3N7O5S. The molecule has 2 heterocycles. The summed E-state index contributed by atoms with van der Waals surface area (Å²) in [5, 5.41) is 7.06. The molecule has 0 fully saturated rings. The van der Waals surface area contributed by atoms with Crippen molar-refractivity contribution in [2.45, 2.75) is 45.7 Å². The van der Waals surface area contributed by atoms with Crippen molar-refractivity contribution in [3.63, 3.8) is 0 Å². The van der Waals surface area contributed by atoms with Crippen LogP contribution in [0, 0.1) is 13.8 Å². The number of aromatic nitrogens is 4. The molecule has 0 saturated heterocycles. The number of halogens is 3. The van der Waals surface area contributed by atoms with Gasteiger partial charge in [0.25, 0.3) is 0 Å². The minimum Gasteiger partial charge on any atom is -0.444 e. The molecule has 0 atom stereocenters. The Bertz CT molecular complexity index is 1510. The Balaban J connectivity index is 2.13. The largest absolute Gasteiger partial charge is 0.534 e. The number of nitrogens with zero attached hydrogens (tertiary/aromatic N) is 6. The van der Waals surface area contributed by atoms with Gasteiger partial charge in [0.05, 0.1) is 17.7 Å². The first kappa shape index (κ1) is 28.6. The van der Waals surface area contributed by atoms with Gasteiger partial charge in [-0.1, -0.05) is 0 Å². The van der Waals surface area contributed by atoms with Crippen molar-refractivity contribution in [1.82, 2.24) is 24.6 Å². The van der Waals surface area contributed by atoms with Crippen molar-refractivity contribution >= 4 is 45.1 Å². The molecule has 0 spiro atoms. The molecular weight excluding hydrogens is 531 g/mol. The molecule has 1 amide bonds. The Morgan fingerprint density at radius 2 is 1.82 bits per heavy atom. The fraction of sp³-hybridized carbons (Fsp3) is 0.409. The number of anilines is 1. The predicted molar refractivity (Wildman–Crippen MR) is 133 cm³/mol. The van der Waals surface area contributed by atoms with E-state index < -0.39 is 33.3 Å². The Labute approximate surface area is 216 Å². The normalized spacial score (nSPS) is 12.7. The number of hydrogen-bond donors (Lipinski definition) is 1. The monoisotopic (exact) mass is 557 g/mol. The number of nitrogens with one attached hydrogen (secondary N) is 1. The molecule has 0 radical (unpaired) electrons. The second-order valence-electron chi connectivity index (χ2n) is 9.34. The molecule has 0 aliphatic carbocycles. The summed E-state index contributed by atoms with van der Waals surface area (Å²) >= 11 is 0. The van der Waals surface area contributed by atoms with Crippen LogP contribution in [0.1, 0.15) is 32.0 Å². The standard InChI is InChI=1S/C22H26F3N7O5S/c1-12-10-14(27-20(33)36-21(3,4)5)8-9-15(12)32-17-16(13(2)30-32)28-19(29-18(17)26-11-31(6)7)37-38(34,35)22(23,24)25/h8-11H,1-7H3,(H,27,33)/b26-11+. The van der Waals surface area contributed by atoms with Crippen LogP contribution in [0.15, 0.2) is 23.2 Å². The van der Waals surface area contributed by atoms with E-state index >= 15 is 0 Å². The van der Waals surface area contributed by atoms with Crippen molar-refractivity contribution in [2.75, 3.05) is 19.4 Å². The third-order valence-corrected chi connectivity index (χ3v) is 5.53. The number of hydrogen-bond acceptors (Lipinski definition) is 9. The third kappa shape index (κ3) is 6.48. The summed E-state index contributed by atoms with van der Waals surface area (Å²) in [6.07, 6.45) is 0.678. The molecule has 0 saturated carbocycles. The van der Waals surface area contributed by atoms with E-state index in [0.717, 1.165) is 0 Å². The fourth-order valence-corrected chi connectivity index (χ4v) is 3.49. The molecule has 0 unspecified atom stereocenters. The van der Waals surface area contributed by atoms with Gasteiger partial charge in [-0.15, -0.1) is 0 Å². The van der Waals surface area contributed by atoms with Gasteiger partial charge >= 0.3 is 27.7 Å². The van der Waals surface area contributed by atoms with E-state index in [2.05, 4.69) is 29.6 Å². The first-order chi connectivity index (χ1) is 17.4. The van der Waals surface area contributed by atoms with Crippen LogP contribution in [0.5, 0.6) is 6.01 Å². The lowest BCUT2D eigenvalue weighted by Crippen LogP contribution is -2.28. The minimum atomic E-state index is -6.02. The van der Waals surface area contributed by atoms with Crippen LogP contribution < -0.4 is 9.50 Å². The van der Waals surface area contributed by atoms with Gasteiger partial charge < -0.3 is 13.8 Å². The Morgan fingerprint density at radius 3 is 2.37 bits per heavy atom. The first-order valence-electron chi connectivity index (χ1n) is 11.0. The van der Waals surface area contributed by atoms with E-state index in [4.69, 9.17) is 4.74 Å². The van der Waals surface area contributed by atoms with Crippen LogP contribution in [0.4, 0.5) is 29.5 Å². The van der Waals surface area contributed by atoms with Crippen molar-refractivity contribution in [1.29, 1.82) is 0 Å². The number of carbonyl (C=O) groups is 1. The van der Waals surface area contributed by atoms with E-state index in [1.54, 1.807) is 60.0 Å². The quantitative estimate of drug-likeness (QED) is 0.204. The molecule has 16 heteroatoms. The predicted octanol–water partition coefficient (Wildman–Crippen LogP) is 4.23. The lowest BCUT2D eigenvalue weighted by Gasteiger charge is -2.20. The van der Waals surface area contributed by atoms with Crippen LogP contribution in [0.2, 0.25) is 0 Å². The molecule has 0 aliphatic heterocycles. The highest BCUT2D eigenvalue weighted by Gasteiger charge is 2.49. The molecule has 0 bridgehead atoms. The Kier molecular flexibility index (Phi) is 7.59. The zero-order valence-corrected chi connectivity index (χ0v) is 22.4. The lowest BCUT2D eigenvalue weighted by molar-refractivity contribution is -0.0502. The molecule has 3 aromatic rings. The number of alkyl halides is 3. The van der Waals surface area contributed by atoms with Crippen molar-refractivity contribution in [3.8, 4) is 11.7 Å². The lowest BCUT2D eigenvalue weighted by atomic mass is 10.1. The molecule has 0 aliphatic rings. The zero-order valence-electron chi connectivity index (χ0n) is 21.6. The average Bonchev–Trinajstić information content (AvgIpc) is 3.06. The summed E-state index contributed by atoms with van der Waals surface area (Å²) in [6.45, 7) is 8.48. The number of carbonyl (C=O) groups excluding carboxylic acids is 1. The highest BCUT2D eigenvalue weighted by molar-refractivity contribution is 7.87. The summed E-state index contributed by atoms with van der Waals surface area (Å²) in [5.41, 5.74) is -4.30. The van der Waals surface area contributed by atoms with E-state index in [1.165, 1.54) is 22.8 Å². The van der Waals surface area contributed by atoms with Crippen LogP contribution >= 0.6 is 0 Å². The number of rotatable bonds is 6. The van der Waals surface area contributed by atoms with Crippen LogP contribution in [0.3, 0.4) is 0 Å². The highest BCUT2D eigenvalue weighted by atomic mass is 32.2. The van der Waals surface area contributed by atoms with Gasteiger partial charge in [-0.3, -0.25) is 5.32 Å². The maximum Gasteiger partial charge on any atom is 0.534 e. The smallest absolute Gasteiger partial charge is 0.444 e. The van der Waals surface area contributed by atoms with Gasteiger partial charge in [-0.05, 0) is 58.4 Å². The van der Waals surface area contributed by atoms with Gasteiger partial charge in [0.2, 0.25) is 0 Å². The Hall–Kier alpha value is -3.95. The summed E-state index contributed by atoms with van der Waals surface area (Å²) in [5.74, 6) is -0.188. The summed E-state index contributed by atoms with van der Waals surface area (Å²) in [4.78, 5) is 25.5. The number of benzene rings is 1. The molecule has 12 nitrogen and oxygen atoms in total. The number of ether oxygens (including phenoxy) is 1. The summed E-state index contributed by atoms with van der Waals surface area (Å²) in [6, 6.07) is 3.86. The highest BCUT2D eigenvalue weighted by Crippen LogP contribution is 2.33. The molecule has 2 aromatic heterocycles. The van der Waals surface area contributed by atoms with Gasteiger partial charge in [0, 0.05) is 19.8 Å². The second-order valence-corrected chi connectivity index (χ2v) is 10.9. The van der Waals surface area contributed by atoms with Crippen LogP contribution in [-0.2, 0) is 14.9 Å². The van der Waals surface area contributed by atoms with Gasteiger partial charge in [0.15, 0.2) is 5.82 Å². The SMILES string of the molecule is Cc1cc(NC(=O)OC(C)(C)C)ccc1-n1nc(C)c2nc(OS(=O)(=O)C(F)(F)F)nc(/N=C/N(C)C)c21. The van der Waals surface area contributed by atoms with Crippen LogP contribution in [0.25, 0.3) is 16.7 Å². The second kappa shape index (κ2) is 10.1. The summed E-state index contributed by atoms with van der Waals surface area (Å²) < 4.78 is 72.5. The first-order valence-corrected chi connectivity index (χ1v) is 12.4. The minimum absolute atomic E-state index is 0.0219. The van der Waals surface area contributed by atoms with Crippen molar-refractivity contribution < 1.29 is 35.3 Å². The summed E-state index contributed by atoms with van der Waals surface area (Å²) in [7, 11) is -2.72. The third-order valence-electron chi connectivity index (χ3n) is 4.60. The van der Waals surface area contributed by atoms with Gasteiger partial charge in [0.1, 0.15) is 16.6 Å².